The lowest BCUT2D eigenvalue weighted by molar-refractivity contribution is 0.101. The highest BCUT2D eigenvalue weighted by atomic mass is 19.1. The van der Waals surface area contributed by atoms with E-state index >= 15 is 4.39 Å². The third kappa shape index (κ3) is 4.44. The Kier molecular flexibility index (Phi) is 6.60. The third-order valence-corrected chi connectivity index (χ3v) is 5.83. The summed E-state index contributed by atoms with van der Waals surface area (Å²) in [5.41, 5.74) is -0.583. The second-order valence-electron chi connectivity index (χ2n) is 8.03. The summed E-state index contributed by atoms with van der Waals surface area (Å²) in [5, 5.41) is 25.9. The minimum absolute atomic E-state index is 0.0229. The molecular formula is C25H19F2N5O4. The van der Waals surface area contributed by atoms with Gasteiger partial charge < -0.3 is 14.9 Å². The lowest BCUT2D eigenvalue weighted by Gasteiger charge is -2.27. The Balaban J connectivity index is 1.90. The van der Waals surface area contributed by atoms with E-state index < -0.39 is 46.4 Å². The van der Waals surface area contributed by atoms with Crippen LogP contribution in [0.5, 0.6) is 5.75 Å². The van der Waals surface area contributed by atoms with Crippen LogP contribution >= 0.6 is 0 Å². The van der Waals surface area contributed by atoms with Gasteiger partial charge in [-0.2, -0.15) is 5.26 Å². The molecule has 0 saturated carbocycles. The second-order valence-corrected chi connectivity index (χ2v) is 8.03. The zero-order valence-corrected chi connectivity index (χ0v) is 19.1. The van der Waals surface area contributed by atoms with Crippen LogP contribution in [0.3, 0.4) is 0 Å². The average molecular weight is 491 g/mol. The molecule has 4 rings (SSSR count). The highest BCUT2D eigenvalue weighted by Crippen LogP contribution is 2.40. The van der Waals surface area contributed by atoms with E-state index in [9.17, 15) is 24.3 Å². The van der Waals surface area contributed by atoms with E-state index in [1.807, 2.05) is 0 Å². The van der Waals surface area contributed by atoms with Gasteiger partial charge in [0.25, 0.3) is 11.5 Å². The van der Waals surface area contributed by atoms with Crippen LogP contribution in [-0.2, 0) is 7.05 Å². The van der Waals surface area contributed by atoms with Gasteiger partial charge in [-0.05, 0) is 23.3 Å². The Morgan fingerprint density at radius 2 is 1.97 bits per heavy atom. The molecule has 0 saturated heterocycles. The smallest absolute Gasteiger partial charge is 0.296 e. The molecule has 0 aliphatic rings. The van der Waals surface area contributed by atoms with Crippen molar-refractivity contribution in [2.24, 2.45) is 7.05 Å². The molecular weight excluding hydrogens is 472 g/mol. The number of nitrogens with one attached hydrogen (secondary N) is 1. The second kappa shape index (κ2) is 9.79. The van der Waals surface area contributed by atoms with Gasteiger partial charge in [-0.25, -0.2) is 13.8 Å². The Hall–Kier alpha value is -4.85. The molecule has 2 atom stereocenters. The summed E-state index contributed by atoms with van der Waals surface area (Å²) >= 11 is 0. The van der Waals surface area contributed by atoms with Crippen molar-refractivity contribution in [3.8, 4) is 11.8 Å². The molecule has 0 unspecified atom stereocenters. The minimum Gasteiger partial charge on any atom is -0.501 e. The van der Waals surface area contributed by atoms with E-state index in [1.165, 1.54) is 19.3 Å². The van der Waals surface area contributed by atoms with E-state index in [1.54, 1.807) is 31.2 Å². The SMILES string of the molecule is C[C@@H](c1nc(C(=O)Nc2cnoc2)c(O)c(=O)n1C)[C@H](c1ccc(F)cc1F)c1ccccc1C#N. The zero-order chi connectivity index (χ0) is 26.0. The number of hydrogen-bond acceptors (Lipinski definition) is 7. The lowest BCUT2D eigenvalue weighted by Crippen LogP contribution is -2.29. The topological polar surface area (TPSA) is 134 Å². The summed E-state index contributed by atoms with van der Waals surface area (Å²) in [4.78, 5) is 29.9. The van der Waals surface area contributed by atoms with Crippen molar-refractivity contribution in [3.05, 3.63) is 105 Å². The standard InChI is InChI=1S/C25H19F2N5O4/c1-13(20(17-6-4-3-5-14(17)10-28)18-8-7-15(26)9-19(18)27)23-31-21(22(33)25(35)32(23)2)24(34)30-16-11-29-36-12-16/h3-9,11-13,20,33H,1-2H3,(H,30,34)/t13-,20+/m1/s1. The monoisotopic (exact) mass is 491 g/mol. The number of nitrogens with zero attached hydrogens (tertiary/aromatic N) is 4. The van der Waals surface area contributed by atoms with Gasteiger partial charge in [-0.1, -0.05) is 36.3 Å². The van der Waals surface area contributed by atoms with Crippen molar-refractivity contribution in [2.45, 2.75) is 18.8 Å². The van der Waals surface area contributed by atoms with Crippen LogP contribution in [0.4, 0.5) is 14.5 Å². The van der Waals surface area contributed by atoms with Crippen molar-refractivity contribution < 1.29 is 23.2 Å². The first-order valence-corrected chi connectivity index (χ1v) is 10.7. The molecule has 2 aromatic heterocycles. The summed E-state index contributed by atoms with van der Waals surface area (Å²) in [6.45, 7) is 1.63. The Labute approximate surface area is 203 Å². The number of benzene rings is 2. The Morgan fingerprint density at radius 1 is 1.22 bits per heavy atom. The van der Waals surface area contributed by atoms with Crippen LogP contribution in [0.15, 0.2) is 64.2 Å². The maximum Gasteiger partial charge on any atom is 0.296 e. The van der Waals surface area contributed by atoms with Crippen LogP contribution in [0.2, 0.25) is 0 Å². The number of halogens is 2. The molecule has 0 spiro atoms. The summed E-state index contributed by atoms with van der Waals surface area (Å²) in [7, 11) is 1.34. The number of aromatic hydroxyl groups is 1. The molecule has 0 radical (unpaired) electrons. The molecule has 2 aromatic carbocycles. The van der Waals surface area contributed by atoms with Crippen molar-refractivity contribution in [3.63, 3.8) is 0 Å². The largest absolute Gasteiger partial charge is 0.501 e. The van der Waals surface area contributed by atoms with Crippen LogP contribution in [0, 0.1) is 23.0 Å². The Bertz CT molecular complexity index is 1540. The van der Waals surface area contributed by atoms with Crippen LogP contribution in [0.1, 0.15) is 51.8 Å². The summed E-state index contributed by atoms with van der Waals surface area (Å²) in [6, 6.07) is 11.6. The number of nitriles is 1. The van der Waals surface area contributed by atoms with Gasteiger partial charge in [0.05, 0.1) is 17.8 Å². The van der Waals surface area contributed by atoms with Gasteiger partial charge in [0.2, 0.25) is 5.75 Å². The molecule has 11 heteroatoms. The van der Waals surface area contributed by atoms with E-state index in [2.05, 4.69) is 26.0 Å². The summed E-state index contributed by atoms with van der Waals surface area (Å²) in [5.74, 6) is -5.12. The number of anilines is 1. The van der Waals surface area contributed by atoms with E-state index in [0.29, 0.717) is 5.56 Å². The molecule has 36 heavy (non-hydrogen) atoms. The predicted molar refractivity (Wildman–Crippen MR) is 123 cm³/mol. The maximum absolute atomic E-state index is 15.0. The molecule has 0 aliphatic carbocycles. The van der Waals surface area contributed by atoms with Gasteiger partial charge >= 0.3 is 0 Å². The Morgan fingerprint density at radius 3 is 2.64 bits per heavy atom. The van der Waals surface area contributed by atoms with Gasteiger partial charge in [0.15, 0.2) is 5.69 Å². The first kappa shape index (κ1) is 24.3. The molecule has 0 bridgehead atoms. The highest BCUT2D eigenvalue weighted by molar-refractivity contribution is 6.04. The molecule has 2 heterocycles. The molecule has 182 valence electrons. The molecule has 1 amide bonds. The van der Waals surface area contributed by atoms with Crippen molar-refractivity contribution in [1.82, 2.24) is 14.7 Å². The lowest BCUT2D eigenvalue weighted by atomic mass is 9.79. The number of rotatable bonds is 6. The third-order valence-electron chi connectivity index (χ3n) is 5.83. The van der Waals surface area contributed by atoms with E-state index in [-0.39, 0.29) is 22.6 Å². The molecule has 0 aliphatic heterocycles. The number of aromatic nitrogens is 3. The average Bonchev–Trinajstić information content (AvgIpc) is 3.37. The minimum atomic E-state index is -0.908. The van der Waals surface area contributed by atoms with Gasteiger partial charge in [-0.3, -0.25) is 14.2 Å². The fourth-order valence-electron chi connectivity index (χ4n) is 4.11. The molecule has 4 aromatic rings. The number of carbonyl (C=O) groups is 1. The fourth-order valence-corrected chi connectivity index (χ4v) is 4.11. The van der Waals surface area contributed by atoms with E-state index in [0.717, 1.165) is 23.0 Å². The molecule has 0 fully saturated rings. The number of amides is 1. The number of carbonyl (C=O) groups excluding carboxylic acids is 1. The normalized spacial score (nSPS) is 12.5. The van der Waals surface area contributed by atoms with Crippen molar-refractivity contribution in [1.29, 1.82) is 5.26 Å². The zero-order valence-electron chi connectivity index (χ0n) is 19.1. The van der Waals surface area contributed by atoms with Crippen molar-refractivity contribution in [2.75, 3.05) is 5.32 Å². The first-order chi connectivity index (χ1) is 17.2. The fraction of sp³-hybridized carbons (Fsp3) is 0.160. The van der Waals surface area contributed by atoms with Crippen LogP contribution in [-0.4, -0.2) is 25.7 Å². The first-order valence-electron chi connectivity index (χ1n) is 10.7. The van der Waals surface area contributed by atoms with E-state index in [4.69, 9.17) is 0 Å². The highest BCUT2D eigenvalue weighted by Gasteiger charge is 2.32. The summed E-state index contributed by atoms with van der Waals surface area (Å²) < 4.78 is 34.4. The molecule has 2 N–H and O–H groups in total. The summed E-state index contributed by atoms with van der Waals surface area (Å²) in [6.07, 6.45) is 2.36. The predicted octanol–water partition coefficient (Wildman–Crippen LogP) is 3.81. The van der Waals surface area contributed by atoms with Crippen LogP contribution in [0.25, 0.3) is 0 Å². The van der Waals surface area contributed by atoms with Gasteiger partial charge in [0, 0.05) is 24.9 Å². The molecule has 9 nitrogen and oxygen atoms in total. The van der Waals surface area contributed by atoms with Crippen molar-refractivity contribution >= 4 is 11.6 Å². The maximum atomic E-state index is 15.0. The van der Waals surface area contributed by atoms with Gasteiger partial charge in [-0.15, -0.1) is 0 Å². The van der Waals surface area contributed by atoms with Crippen LogP contribution < -0.4 is 10.9 Å². The van der Waals surface area contributed by atoms with Gasteiger partial charge in [0.1, 0.15) is 29.4 Å². The number of hydrogen-bond donors (Lipinski definition) is 2. The quantitative estimate of drug-likeness (QED) is 0.419.